The maximum Gasteiger partial charge on any atom is 0.262 e. The van der Waals surface area contributed by atoms with Gasteiger partial charge in [0.2, 0.25) is 0 Å². The number of carbonyl (C=O) groups excluding carboxylic acids is 1. The molecule has 0 spiro atoms. The summed E-state index contributed by atoms with van der Waals surface area (Å²) in [5, 5.41) is 3.39. The summed E-state index contributed by atoms with van der Waals surface area (Å²) >= 11 is 11.9. The second-order valence-corrected chi connectivity index (χ2v) is 8.88. The lowest BCUT2D eigenvalue weighted by atomic mass is 10.2. The first kappa shape index (κ1) is 22.0. The molecule has 0 atom stereocenters. The van der Waals surface area contributed by atoms with Gasteiger partial charge in [0, 0.05) is 5.02 Å². The number of para-hydroxylation sites is 1. The summed E-state index contributed by atoms with van der Waals surface area (Å²) < 4.78 is 33.1. The Kier molecular flexibility index (Phi) is 6.87. The maximum atomic E-state index is 12.6. The van der Waals surface area contributed by atoms with Gasteiger partial charge >= 0.3 is 0 Å². The van der Waals surface area contributed by atoms with Crippen LogP contribution in [-0.4, -0.2) is 20.9 Å². The molecule has 3 rings (SSSR count). The number of benzene rings is 3. The first-order chi connectivity index (χ1) is 14.2. The number of aryl methyl sites for hydroxylation is 1. The lowest BCUT2D eigenvalue weighted by molar-refractivity contribution is -0.118. The van der Waals surface area contributed by atoms with Crippen LogP contribution in [0.1, 0.15) is 5.56 Å². The van der Waals surface area contributed by atoms with Gasteiger partial charge in [0.15, 0.2) is 6.61 Å². The molecule has 0 aliphatic heterocycles. The normalized spacial score (nSPS) is 11.0. The van der Waals surface area contributed by atoms with Gasteiger partial charge < -0.3 is 10.1 Å². The molecule has 0 radical (unpaired) electrons. The summed E-state index contributed by atoms with van der Waals surface area (Å²) in [5.74, 6) is -0.0886. The van der Waals surface area contributed by atoms with Crippen LogP contribution in [0.5, 0.6) is 5.75 Å². The summed E-state index contributed by atoms with van der Waals surface area (Å²) in [5.41, 5.74) is 1.70. The molecule has 30 heavy (non-hydrogen) atoms. The first-order valence-electron chi connectivity index (χ1n) is 8.81. The van der Waals surface area contributed by atoms with Gasteiger partial charge in [-0.05, 0) is 61.0 Å². The monoisotopic (exact) mass is 464 g/mol. The minimum atomic E-state index is -3.75. The van der Waals surface area contributed by atoms with Crippen LogP contribution in [0.15, 0.2) is 71.6 Å². The van der Waals surface area contributed by atoms with Gasteiger partial charge in [-0.1, -0.05) is 41.4 Å². The van der Waals surface area contributed by atoms with Crippen LogP contribution < -0.4 is 14.8 Å². The Labute approximate surface area is 184 Å². The van der Waals surface area contributed by atoms with Crippen molar-refractivity contribution < 1.29 is 17.9 Å². The molecule has 0 bridgehead atoms. The average Bonchev–Trinajstić information content (AvgIpc) is 2.71. The zero-order valence-corrected chi connectivity index (χ0v) is 18.2. The van der Waals surface area contributed by atoms with Crippen LogP contribution in [0.2, 0.25) is 10.0 Å². The second-order valence-electron chi connectivity index (χ2n) is 6.35. The van der Waals surface area contributed by atoms with Gasteiger partial charge in [-0.25, -0.2) is 8.42 Å². The quantitative estimate of drug-likeness (QED) is 0.507. The van der Waals surface area contributed by atoms with Crippen molar-refractivity contribution in [3.05, 3.63) is 82.3 Å². The van der Waals surface area contributed by atoms with Crippen molar-refractivity contribution in [1.29, 1.82) is 0 Å². The summed E-state index contributed by atoms with van der Waals surface area (Å²) in [6.45, 7) is 1.53. The lowest BCUT2D eigenvalue weighted by Crippen LogP contribution is -2.20. The van der Waals surface area contributed by atoms with Gasteiger partial charge in [-0.2, -0.15) is 0 Å². The highest BCUT2D eigenvalue weighted by atomic mass is 35.5. The molecular weight excluding hydrogens is 447 g/mol. The van der Waals surface area contributed by atoms with Crippen LogP contribution >= 0.6 is 23.2 Å². The number of amides is 1. The van der Waals surface area contributed by atoms with Crippen molar-refractivity contribution in [2.45, 2.75) is 11.8 Å². The van der Waals surface area contributed by atoms with Crippen molar-refractivity contribution in [3.63, 3.8) is 0 Å². The van der Waals surface area contributed by atoms with E-state index in [1.165, 1.54) is 30.3 Å². The van der Waals surface area contributed by atoms with Crippen molar-refractivity contribution in [2.75, 3.05) is 16.6 Å². The summed E-state index contributed by atoms with van der Waals surface area (Å²) in [4.78, 5) is 12.1. The Morgan fingerprint density at radius 3 is 2.37 bits per heavy atom. The molecule has 0 saturated carbocycles. The van der Waals surface area contributed by atoms with Crippen LogP contribution in [-0.2, 0) is 14.8 Å². The Morgan fingerprint density at radius 1 is 0.967 bits per heavy atom. The zero-order chi connectivity index (χ0) is 21.7. The van der Waals surface area contributed by atoms with Gasteiger partial charge in [0.1, 0.15) is 5.75 Å². The molecule has 0 saturated heterocycles. The van der Waals surface area contributed by atoms with E-state index in [-0.39, 0.29) is 11.5 Å². The minimum Gasteiger partial charge on any atom is -0.484 e. The van der Waals surface area contributed by atoms with Gasteiger partial charge in [0.05, 0.1) is 21.3 Å². The van der Waals surface area contributed by atoms with E-state index in [9.17, 15) is 13.2 Å². The fourth-order valence-electron chi connectivity index (χ4n) is 2.53. The second kappa shape index (κ2) is 9.38. The van der Waals surface area contributed by atoms with Gasteiger partial charge in [0.25, 0.3) is 15.9 Å². The molecule has 0 aliphatic rings. The molecule has 1 amide bonds. The van der Waals surface area contributed by atoms with E-state index in [4.69, 9.17) is 27.9 Å². The third-order valence-corrected chi connectivity index (χ3v) is 6.04. The van der Waals surface area contributed by atoms with Crippen LogP contribution in [0.25, 0.3) is 0 Å². The molecule has 6 nitrogen and oxygen atoms in total. The largest absolute Gasteiger partial charge is 0.484 e. The molecular formula is C21H18Cl2N2O4S. The third kappa shape index (κ3) is 5.66. The van der Waals surface area contributed by atoms with Crippen molar-refractivity contribution in [3.8, 4) is 5.75 Å². The Morgan fingerprint density at radius 2 is 1.67 bits per heavy atom. The molecule has 156 valence electrons. The van der Waals surface area contributed by atoms with E-state index in [0.717, 1.165) is 5.56 Å². The number of rotatable bonds is 7. The number of ether oxygens (including phenoxy) is 1. The Balaban J connectivity index is 1.61. The molecule has 3 aromatic rings. The summed E-state index contributed by atoms with van der Waals surface area (Å²) in [6.07, 6.45) is 0. The fourth-order valence-corrected chi connectivity index (χ4v) is 4.00. The van der Waals surface area contributed by atoms with Crippen LogP contribution in [0.3, 0.4) is 0 Å². The molecule has 0 unspecified atom stereocenters. The van der Waals surface area contributed by atoms with E-state index in [1.54, 1.807) is 24.3 Å². The first-order valence-corrected chi connectivity index (χ1v) is 11.0. The molecule has 0 aromatic heterocycles. The minimum absolute atomic E-state index is 0.0771. The van der Waals surface area contributed by atoms with Crippen LogP contribution in [0, 0.1) is 6.92 Å². The van der Waals surface area contributed by atoms with Crippen LogP contribution in [0.4, 0.5) is 11.4 Å². The molecule has 2 N–H and O–H groups in total. The number of carbonyl (C=O) groups is 1. The average molecular weight is 465 g/mol. The smallest absolute Gasteiger partial charge is 0.262 e. The lowest BCUT2D eigenvalue weighted by Gasteiger charge is -2.11. The highest BCUT2D eigenvalue weighted by Crippen LogP contribution is 2.25. The molecule has 0 aliphatic carbocycles. The number of hydrogen-bond donors (Lipinski definition) is 2. The van der Waals surface area contributed by atoms with E-state index in [1.807, 2.05) is 19.1 Å². The fraction of sp³-hybridized carbons (Fsp3) is 0.0952. The number of hydrogen-bond acceptors (Lipinski definition) is 4. The summed E-state index contributed by atoms with van der Waals surface area (Å²) in [6, 6.07) is 17.6. The predicted octanol–water partition coefficient (Wildman–Crippen LogP) is 5.12. The Hall–Kier alpha value is -2.74. The summed E-state index contributed by atoms with van der Waals surface area (Å²) in [7, 11) is -3.75. The third-order valence-electron chi connectivity index (χ3n) is 4.10. The molecule has 0 fully saturated rings. The standard InChI is InChI=1S/C21H18Cl2N2O4S/c1-14-4-2-3-5-19(14)25-30(27,28)17-9-7-16(8-10-17)29-13-21(26)24-20-12-15(22)6-11-18(20)23/h2-12,25H,13H2,1H3,(H,24,26). The number of sulfonamides is 1. The van der Waals surface area contributed by atoms with E-state index >= 15 is 0 Å². The molecule has 3 aromatic carbocycles. The number of anilines is 2. The highest BCUT2D eigenvalue weighted by molar-refractivity contribution is 7.92. The number of nitrogens with one attached hydrogen (secondary N) is 2. The van der Waals surface area contributed by atoms with E-state index < -0.39 is 15.9 Å². The van der Waals surface area contributed by atoms with Crippen molar-refractivity contribution >= 4 is 50.5 Å². The molecule has 0 heterocycles. The predicted molar refractivity (Wildman–Crippen MR) is 119 cm³/mol. The van der Waals surface area contributed by atoms with Gasteiger partial charge in [-0.15, -0.1) is 0 Å². The van der Waals surface area contributed by atoms with E-state index in [2.05, 4.69) is 10.0 Å². The van der Waals surface area contributed by atoms with Crippen molar-refractivity contribution in [1.82, 2.24) is 0 Å². The highest BCUT2D eigenvalue weighted by Gasteiger charge is 2.15. The van der Waals surface area contributed by atoms with E-state index in [0.29, 0.717) is 27.2 Å². The Bertz CT molecular complexity index is 1170. The SMILES string of the molecule is Cc1ccccc1NS(=O)(=O)c1ccc(OCC(=O)Nc2cc(Cl)ccc2Cl)cc1. The molecule has 9 heteroatoms. The maximum absolute atomic E-state index is 12.6. The number of halogens is 2. The van der Waals surface area contributed by atoms with Gasteiger partial charge in [-0.3, -0.25) is 9.52 Å². The zero-order valence-electron chi connectivity index (χ0n) is 15.9. The topological polar surface area (TPSA) is 84.5 Å². The van der Waals surface area contributed by atoms with Crippen molar-refractivity contribution in [2.24, 2.45) is 0 Å².